The first-order valence-electron chi connectivity index (χ1n) is 5.87. The Bertz CT molecular complexity index is 306. The Labute approximate surface area is 97.6 Å². The van der Waals surface area contributed by atoms with Crippen molar-refractivity contribution in [2.45, 2.75) is 58.2 Å². The van der Waals surface area contributed by atoms with Crippen LogP contribution >= 0.6 is 0 Å². The Morgan fingerprint density at radius 2 is 2.31 bits per heavy atom. The third-order valence-electron chi connectivity index (χ3n) is 3.38. The van der Waals surface area contributed by atoms with Gasteiger partial charge in [0.25, 0.3) is 0 Å². The predicted octanol–water partition coefficient (Wildman–Crippen LogP) is 1.28. The summed E-state index contributed by atoms with van der Waals surface area (Å²) >= 11 is 0. The van der Waals surface area contributed by atoms with Gasteiger partial charge in [-0.2, -0.15) is 5.26 Å². The van der Waals surface area contributed by atoms with Crippen LogP contribution in [0, 0.1) is 11.3 Å². The molecule has 2 atom stereocenters. The maximum atomic E-state index is 11.8. The Morgan fingerprint density at radius 3 is 2.81 bits per heavy atom. The van der Waals surface area contributed by atoms with Crippen molar-refractivity contribution in [2.75, 3.05) is 6.54 Å². The number of hydrogen-bond acceptors (Lipinski definition) is 3. The van der Waals surface area contributed by atoms with E-state index in [-0.39, 0.29) is 23.9 Å². The lowest BCUT2D eigenvalue weighted by Crippen LogP contribution is -2.67. The van der Waals surface area contributed by atoms with Gasteiger partial charge in [-0.25, -0.2) is 0 Å². The second-order valence-corrected chi connectivity index (χ2v) is 5.07. The van der Waals surface area contributed by atoms with E-state index in [2.05, 4.69) is 44.0 Å². The molecule has 0 aromatic heterocycles. The van der Waals surface area contributed by atoms with Crippen LogP contribution in [0.5, 0.6) is 0 Å². The van der Waals surface area contributed by atoms with Crippen LogP contribution in [0.15, 0.2) is 0 Å². The molecule has 2 unspecified atom stereocenters. The van der Waals surface area contributed by atoms with Crippen LogP contribution in [0.2, 0.25) is 0 Å². The van der Waals surface area contributed by atoms with Gasteiger partial charge >= 0.3 is 0 Å². The number of carbonyl (C=O) groups excluding carboxylic acids is 1. The summed E-state index contributed by atoms with van der Waals surface area (Å²) in [5.74, 6) is -0.0128. The molecule has 90 valence electrons. The van der Waals surface area contributed by atoms with Gasteiger partial charge in [-0.15, -0.1) is 0 Å². The van der Waals surface area contributed by atoms with Crippen molar-refractivity contribution in [1.82, 2.24) is 10.2 Å². The molecule has 0 saturated carbocycles. The van der Waals surface area contributed by atoms with Crippen LogP contribution in [0.25, 0.3) is 0 Å². The third-order valence-corrected chi connectivity index (χ3v) is 3.38. The number of piperazine rings is 1. The van der Waals surface area contributed by atoms with Crippen molar-refractivity contribution < 1.29 is 4.79 Å². The van der Waals surface area contributed by atoms with Crippen molar-refractivity contribution >= 4 is 5.91 Å². The van der Waals surface area contributed by atoms with E-state index in [1.807, 2.05) is 0 Å². The Hall–Kier alpha value is -1.08. The number of carbonyl (C=O) groups is 1. The molecule has 0 aliphatic carbocycles. The zero-order valence-corrected chi connectivity index (χ0v) is 10.6. The molecule has 4 heteroatoms. The second kappa shape index (κ2) is 4.84. The van der Waals surface area contributed by atoms with Crippen molar-refractivity contribution in [3.63, 3.8) is 0 Å². The Kier molecular flexibility index (Phi) is 3.93. The van der Waals surface area contributed by atoms with E-state index in [0.717, 1.165) is 6.42 Å². The zero-order chi connectivity index (χ0) is 12.3. The van der Waals surface area contributed by atoms with Crippen molar-refractivity contribution in [1.29, 1.82) is 5.26 Å². The summed E-state index contributed by atoms with van der Waals surface area (Å²) in [7, 11) is 0. The number of hydrogen-bond donors (Lipinski definition) is 1. The van der Waals surface area contributed by atoms with Crippen LogP contribution in [0.4, 0.5) is 0 Å². The van der Waals surface area contributed by atoms with E-state index in [1.54, 1.807) is 0 Å². The lowest BCUT2D eigenvalue weighted by Gasteiger charge is -2.49. The van der Waals surface area contributed by atoms with Gasteiger partial charge in [0.05, 0.1) is 12.5 Å². The minimum atomic E-state index is -0.302. The standard InChI is InChI=1S/C12H21N3O/c1-5-9(2)15-10(6-7-13)11(16)14-8-12(15,3)4/h9-10H,5-6,8H2,1-4H3,(H,14,16). The van der Waals surface area contributed by atoms with Gasteiger partial charge in [-0.05, 0) is 27.2 Å². The van der Waals surface area contributed by atoms with Crippen molar-refractivity contribution in [3.8, 4) is 6.07 Å². The SMILES string of the molecule is CCC(C)N1C(CC#N)C(=O)NCC1(C)C. The second-order valence-electron chi connectivity index (χ2n) is 5.07. The average molecular weight is 223 g/mol. The molecule has 1 fully saturated rings. The highest BCUT2D eigenvalue weighted by Crippen LogP contribution is 2.26. The molecule has 0 aromatic carbocycles. The maximum absolute atomic E-state index is 11.8. The first-order chi connectivity index (χ1) is 7.44. The van der Waals surface area contributed by atoms with Gasteiger partial charge in [0.2, 0.25) is 5.91 Å². The summed E-state index contributed by atoms with van der Waals surface area (Å²) in [6, 6.07) is 2.13. The van der Waals surface area contributed by atoms with Crippen LogP contribution in [-0.4, -0.2) is 35.0 Å². The largest absolute Gasteiger partial charge is 0.353 e. The lowest BCUT2D eigenvalue weighted by atomic mass is 9.91. The summed E-state index contributed by atoms with van der Waals surface area (Å²) in [6.07, 6.45) is 1.25. The van der Waals surface area contributed by atoms with E-state index < -0.39 is 0 Å². The Morgan fingerprint density at radius 1 is 1.69 bits per heavy atom. The molecular formula is C12H21N3O. The lowest BCUT2D eigenvalue weighted by molar-refractivity contribution is -0.136. The molecule has 1 N–H and O–H groups in total. The van der Waals surface area contributed by atoms with Crippen LogP contribution in [0.1, 0.15) is 40.5 Å². The zero-order valence-electron chi connectivity index (χ0n) is 10.6. The molecule has 1 aliphatic rings. The number of nitriles is 1. The maximum Gasteiger partial charge on any atom is 0.238 e. The van der Waals surface area contributed by atoms with E-state index in [4.69, 9.17) is 5.26 Å². The molecule has 1 heterocycles. The fraction of sp³-hybridized carbons (Fsp3) is 0.833. The topological polar surface area (TPSA) is 56.1 Å². The number of rotatable bonds is 3. The molecule has 1 amide bonds. The third kappa shape index (κ3) is 2.35. The van der Waals surface area contributed by atoms with Crippen molar-refractivity contribution in [3.05, 3.63) is 0 Å². The number of nitrogens with zero attached hydrogens (tertiary/aromatic N) is 2. The van der Waals surface area contributed by atoms with E-state index in [9.17, 15) is 4.79 Å². The average Bonchev–Trinajstić information content (AvgIpc) is 2.23. The quantitative estimate of drug-likeness (QED) is 0.784. The van der Waals surface area contributed by atoms with E-state index in [0.29, 0.717) is 12.6 Å². The first kappa shape index (κ1) is 13.0. The monoisotopic (exact) mass is 223 g/mol. The fourth-order valence-corrected chi connectivity index (χ4v) is 2.44. The highest BCUT2D eigenvalue weighted by atomic mass is 16.2. The van der Waals surface area contributed by atoms with Gasteiger partial charge in [0.1, 0.15) is 6.04 Å². The van der Waals surface area contributed by atoms with Gasteiger partial charge in [-0.1, -0.05) is 6.92 Å². The molecule has 4 nitrogen and oxygen atoms in total. The summed E-state index contributed by atoms with van der Waals surface area (Å²) in [6.45, 7) is 9.10. The van der Waals surface area contributed by atoms with Gasteiger partial charge in [-0.3, -0.25) is 9.69 Å². The van der Waals surface area contributed by atoms with Crippen LogP contribution in [-0.2, 0) is 4.79 Å². The van der Waals surface area contributed by atoms with Crippen LogP contribution < -0.4 is 5.32 Å². The van der Waals surface area contributed by atoms with Crippen LogP contribution in [0.3, 0.4) is 0 Å². The molecular weight excluding hydrogens is 202 g/mol. The molecule has 0 bridgehead atoms. The van der Waals surface area contributed by atoms with Gasteiger partial charge < -0.3 is 5.32 Å². The smallest absolute Gasteiger partial charge is 0.238 e. The summed E-state index contributed by atoms with van der Waals surface area (Å²) in [5, 5.41) is 11.7. The molecule has 0 radical (unpaired) electrons. The Balaban J connectivity index is 2.98. The number of nitrogens with one attached hydrogen (secondary N) is 1. The molecule has 1 rings (SSSR count). The normalized spacial score (nSPS) is 26.9. The predicted molar refractivity (Wildman–Crippen MR) is 62.7 cm³/mol. The molecule has 1 aliphatic heterocycles. The fourth-order valence-electron chi connectivity index (χ4n) is 2.44. The number of amides is 1. The minimum absolute atomic E-state index is 0.0128. The summed E-state index contributed by atoms with van der Waals surface area (Å²) in [4.78, 5) is 14.0. The minimum Gasteiger partial charge on any atom is -0.353 e. The summed E-state index contributed by atoms with van der Waals surface area (Å²) < 4.78 is 0. The summed E-state index contributed by atoms with van der Waals surface area (Å²) in [5.41, 5.74) is -0.0785. The highest BCUT2D eigenvalue weighted by molar-refractivity contribution is 5.83. The first-order valence-corrected chi connectivity index (χ1v) is 5.87. The van der Waals surface area contributed by atoms with Crippen molar-refractivity contribution in [2.24, 2.45) is 0 Å². The molecule has 0 aromatic rings. The molecule has 0 spiro atoms. The van der Waals surface area contributed by atoms with Gasteiger partial charge in [0, 0.05) is 18.1 Å². The van der Waals surface area contributed by atoms with Gasteiger partial charge in [0.15, 0.2) is 0 Å². The molecule has 1 saturated heterocycles. The highest BCUT2D eigenvalue weighted by Gasteiger charge is 2.42. The molecule has 16 heavy (non-hydrogen) atoms. The van der Waals surface area contributed by atoms with E-state index >= 15 is 0 Å². The van der Waals surface area contributed by atoms with E-state index in [1.165, 1.54) is 0 Å².